The van der Waals surface area contributed by atoms with Crippen LogP contribution in [0.3, 0.4) is 0 Å². The Labute approximate surface area is 123 Å². The van der Waals surface area contributed by atoms with E-state index in [-0.39, 0.29) is 28.8 Å². The van der Waals surface area contributed by atoms with Crippen LogP contribution in [0, 0.1) is 0 Å². The molecular formula is C17H18O4. The molecule has 0 aromatic heterocycles. The number of carbonyl (C=O) groups excluding carboxylic acids is 1. The highest BCUT2D eigenvalue weighted by molar-refractivity contribution is 6.11. The third-order valence-electron chi connectivity index (χ3n) is 3.35. The van der Waals surface area contributed by atoms with Crippen molar-refractivity contribution in [1.29, 1.82) is 0 Å². The zero-order valence-electron chi connectivity index (χ0n) is 12.3. The molecule has 0 bridgehead atoms. The molecule has 4 nitrogen and oxygen atoms in total. The number of ketones is 1. The average molecular weight is 286 g/mol. The molecule has 0 fully saturated rings. The Morgan fingerprint density at radius 2 is 1.67 bits per heavy atom. The molecular weight excluding hydrogens is 268 g/mol. The number of methoxy groups -OCH3 is 1. The molecule has 0 aliphatic rings. The van der Waals surface area contributed by atoms with Crippen LogP contribution < -0.4 is 4.74 Å². The van der Waals surface area contributed by atoms with Gasteiger partial charge in [-0.05, 0) is 42.3 Å². The van der Waals surface area contributed by atoms with Gasteiger partial charge in [0.2, 0.25) is 0 Å². The lowest BCUT2D eigenvalue weighted by molar-refractivity contribution is 0.103. The van der Waals surface area contributed by atoms with Gasteiger partial charge in [-0.2, -0.15) is 0 Å². The van der Waals surface area contributed by atoms with E-state index in [0.29, 0.717) is 16.9 Å². The number of carbonyl (C=O) groups is 1. The minimum absolute atomic E-state index is 0.0208. The van der Waals surface area contributed by atoms with E-state index in [9.17, 15) is 15.0 Å². The molecule has 2 rings (SSSR count). The number of phenolic OH excluding ortho intramolecular Hbond substituents is 2. The van der Waals surface area contributed by atoms with Crippen molar-refractivity contribution in [2.75, 3.05) is 7.11 Å². The Morgan fingerprint density at radius 1 is 1.05 bits per heavy atom. The standard InChI is InChI=1S/C17H18O4/c1-10(2)15-14(21-3)9-8-13(17(15)20)16(19)11-4-6-12(18)7-5-11/h4-10,18,20H,1-3H3. The minimum Gasteiger partial charge on any atom is -0.508 e. The fourth-order valence-corrected chi connectivity index (χ4v) is 2.28. The Morgan fingerprint density at radius 3 is 2.19 bits per heavy atom. The highest BCUT2D eigenvalue weighted by Crippen LogP contribution is 2.37. The van der Waals surface area contributed by atoms with Gasteiger partial charge < -0.3 is 14.9 Å². The minimum atomic E-state index is -0.294. The summed E-state index contributed by atoms with van der Waals surface area (Å²) >= 11 is 0. The van der Waals surface area contributed by atoms with Crippen molar-refractivity contribution < 1.29 is 19.7 Å². The van der Waals surface area contributed by atoms with Crippen LogP contribution in [0.4, 0.5) is 0 Å². The fourth-order valence-electron chi connectivity index (χ4n) is 2.28. The summed E-state index contributed by atoms with van der Waals surface area (Å²) in [6.45, 7) is 3.85. The number of phenols is 2. The second-order valence-electron chi connectivity index (χ2n) is 5.11. The molecule has 0 unspecified atom stereocenters. The Hall–Kier alpha value is -2.49. The molecule has 0 atom stereocenters. The van der Waals surface area contributed by atoms with Gasteiger partial charge >= 0.3 is 0 Å². The molecule has 0 saturated carbocycles. The van der Waals surface area contributed by atoms with Crippen LogP contribution in [0.25, 0.3) is 0 Å². The largest absolute Gasteiger partial charge is 0.508 e. The van der Waals surface area contributed by atoms with Gasteiger partial charge in [-0.15, -0.1) is 0 Å². The van der Waals surface area contributed by atoms with Crippen molar-refractivity contribution in [2.45, 2.75) is 19.8 Å². The van der Waals surface area contributed by atoms with Crippen molar-refractivity contribution in [3.63, 3.8) is 0 Å². The average Bonchev–Trinajstić information content (AvgIpc) is 2.46. The first-order chi connectivity index (χ1) is 9.95. The van der Waals surface area contributed by atoms with E-state index >= 15 is 0 Å². The highest BCUT2D eigenvalue weighted by Gasteiger charge is 2.21. The third-order valence-corrected chi connectivity index (χ3v) is 3.35. The van der Waals surface area contributed by atoms with E-state index < -0.39 is 0 Å². The SMILES string of the molecule is COc1ccc(C(=O)c2ccc(O)cc2)c(O)c1C(C)C. The van der Waals surface area contributed by atoms with Gasteiger partial charge in [0.15, 0.2) is 5.78 Å². The van der Waals surface area contributed by atoms with Crippen LogP contribution in [-0.2, 0) is 0 Å². The lowest BCUT2D eigenvalue weighted by Crippen LogP contribution is -2.05. The number of hydrogen-bond donors (Lipinski definition) is 2. The van der Waals surface area contributed by atoms with Gasteiger partial charge in [0, 0.05) is 11.1 Å². The zero-order chi connectivity index (χ0) is 15.6. The highest BCUT2D eigenvalue weighted by atomic mass is 16.5. The number of rotatable bonds is 4. The molecule has 0 saturated heterocycles. The van der Waals surface area contributed by atoms with Gasteiger partial charge in [0.1, 0.15) is 17.2 Å². The van der Waals surface area contributed by atoms with Gasteiger partial charge in [0.25, 0.3) is 0 Å². The second-order valence-corrected chi connectivity index (χ2v) is 5.11. The van der Waals surface area contributed by atoms with Crippen molar-refractivity contribution in [3.8, 4) is 17.2 Å². The summed E-state index contributed by atoms with van der Waals surface area (Å²) in [5, 5.41) is 19.7. The van der Waals surface area contributed by atoms with E-state index in [4.69, 9.17) is 4.74 Å². The van der Waals surface area contributed by atoms with Crippen LogP contribution in [0.5, 0.6) is 17.2 Å². The number of benzene rings is 2. The van der Waals surface area contributed by atoms with Gasteiger partial charge in [-0.3, -0.25) is 4.79 Å². The first-order valence-electron chi connectivity index (χ1n) is 6.69. The molecule has 21 heavy (non-hydrogen) atoms. The summed E-state index contributed by atoms with van der Waals surface area (Å²) < 4.78 is 5.24. The maximum Gasteiger partial charge on any atom is 0.196 e. The van der Waals surface area contributed by atoms with Gasteiger partial charge in [-0.25, -0.2) is 0 Å². The maximum absolute atomic E-state index is 12.5. The summed E-state index contributed by atoms with van der Waals surface area (Å²) in [4.78, 5) is 12.5. The van der Waals surface area contributed by atoms with Crippen LogP contribution in [0.1, 0.15) is 41.3 Å². The van der Waals surface area contributed by atoms with Crippen molar-refractivity contribution in [1.82, 2.24) is 0 Å². The van der Waals surface area contributed by atoms with Crippen molar-refractivity contribution >= 4 is 5.78 Å². The third kappa shape index (κ3) is 2.84. The van der Waals surface area contributed by atoms with E-state index in [0.717, 1.165) is 0 Å². The number of hydrogen-bond acceptors (Lipinski definition) is 4. The Bertz CT molecular complexity index is 657. The first-order valence-corrected chi connectivity index (χ1v) is 6.69. The number of ether oxygens (including phenoxy) is 1. The Kier molecular flexibility index (Phi) is 4.17. The molecule has 2 aromatic carbocycles. The molecule has 0 heterocycles. The summed E-state index contributed by atoms with van der Waals surface area (Å²) in [5.74, 6) is 0.324. The monoisotopic (exact) mass is 286 g/mol. The normalized spacial score (nSPS) is 10.7. The van der Waals surface area contributed by atoms with Gasteiger partial charge in [0.05, 0.1) is 12.7 Å². The summed E-state index contributed by atoms with van der Waals surface area (Å²) in [6, 6.07) is 9.17. The smallest absolute Gasteiger partial charge is 0.196 e. The zero-order valence-corrected chi connectivity index (χ0v) is 12.3. The molecule has 4 heteroatoms. The molecule has 0 amide bonds. The van der Waals surface area contributed by atoms with E-state index in [1.54, 1.807) is 12.1 Å². The molecule has 0 radical (unpaired) electrons. The molecule has 0 aliphatic carbocycles. The lowest BCUT2D eigenvalue weighted by atomic mass is 9.94. The summed E-state index contributed by atoms with van der Waals surface area (Å²) in [7, 11) is 1.53. The first kappa shape index (κ1) is 14.9. The molecule has 0 spiro atoms. The van der Waals surface area contributed by atoms with Gasteiger partial charge in [-0.1, -0.05) is 13.8 Å². The maximum atomic E-state index is 12.5. The van der Waals surface area contributed by atoms with Crippen LogP contribution in [0.2, 0.25) is 0 Å². The van der Waals surface area contributed by atoms with Crippen LogP contribution in [0.15, 0.2) is 36.4 Å². The molecule has 110 valence electrons. The van der Waals surface area contributed by atoms with E-state index in [2.05, 4.69) is 0 Å². The van der Waals surface area contributed by atoms with Crippen molar-refractivity contribution in [2.24, 2.45) is 0 Å². The van der Waals surface area contributed by atoms with Crippen LogP contribution >= 0.6 is 0 Å². The van der Waals surface area contributed by atoms with Crippen molar-refractivity contribution in [3.05, 3.63) is 53.1 Å². The molecule has 0 aliphatic heterocycles. The topological polar surface area (TPSA) is 66.8 Å². The van der Waals surface area contributed by atoms with E-state index in [1.165, 1.54) is 31.4 Å². The summed E-state index contributed by atoms with van der Waals surface area (Å²) in [5.41, 5.74) is 1.25. The predicted octanol–water partition coefficient (Wildman–Crippen LogP) is 3.46. The Balaban J connectivity index is 2.52. The fraction of sp³-hybridized carbons (Fsp3) is 0.235. The summed E-state index contributed by atoms with van der Waals surface area (Å²) in [6.07, 6.45) is 0. The predicted molar refractivity (Wildman–Crippen MR) is 80.3 cm³/mol. The molecule has 2 N–H and O–H groups in total. The quantitative estimate of drug-likeness (QED) is 0.845. The lowest BCUT2D eigenvalue weighted by Gasteiger charge is -2.16. The number of aromatic hydroxyl groups is 2. The molecule has 2 aromatic rings. The second kappa shape index (κ2) is 5.87. The van der Waals surface area contributed by atoms with E-state index in [1.807, 2.05) is 13.8 Å². The van der Waals surface area contributed by atoms with Crippen LogP contribution in [-0.4, -0.2) is 23.1 Å².